The lowest BCUT2D eigenvalue weighted by atomic mass is 10.0. The summed E-state index contributed by atoms with van der Waals surface area (Å²) in [6.07, 6.45) is -3.34. The van der Waals surface area contributed by atoms with Crippen molar-refractivity contribution in [2.24, 2.45) is 0 Å². The maximum absolute atomic E-state index is 12.4. The normalized spacial score (nSPS) is 15.1. The van der Waals surface area contributed by atoms with E-state index in [9.17, 15) is 18.3 Å². The van der Waals surface area contributed by atoms with Crippen LogP contribution in [0.25, 0.3) is 0 Å². The molecule has 0 saturated carbocycles. The van der Waals surface area contributed by atoms with Crippen LogP contribution in [0.2, 0.25) is 0 Å². The molecule has 1 atom stereocenters. The van der Waals surface area contributed by atoms with Gasteiger partial charge in [0.15, 0.2) is 0 Å². The van der Waals surface area contributed by atoms with Gasteiger partial charge in [0.1, 0.15) is 5.69 Å². The first-order valence-corrected chi connectivity index (χ1v) is 5.99. The highest BCUT2D eigenvalue weighted by Crippen LogP contribution is 2.29. The second kappa shape index (κ2) is 6.25. The maximum atomic E-state index is 12.4. The molecule has 0 aliphatic carbocycles. The molecule has 1 aromatic rings. The number of aliphatic hydroxyl groups is 1. The van der Waals surface area contributed by atoms with Crippen LogP contribution >= 0.6 is 11.6 Å². The summed E-state index contributed by atoms with van der Waals surface area (Å²) in [4.78, 5) is 3.38. The molecule has 0 spiro atoms. The summed E-state index contributed by atoms with van der Waals surface area (Å²) in [5.41, 5.74) is 0.0356. The van der Waals surface area contributed by atoms with Crippen LogP contribution in [-0.2, 0) is 6.18 Å². The van der Waals surface area contributed by atoms with Crippen molar-refractivity contribution in [2.45, 2.75) is 19.1 Å². The summed E-state index contributed by atoms with van der Waals surface area (Å²) in [5.74, 6) is 0.101. The van der Waals surface area contributed by atoms with Gasteiger partial charge in [-0.3, -0.25) is 4.98 Å². The van der Waals surface area contributed by atoms with Gasteiger partial charge in [-0.1, -0.05) is 6.07 Å². The van der Waals surface area contributed by atoms with E-state index in [0.717, 1.165) is 12.3 Å². The molecule has 0 bridgehead atoms. The van der Waals surface area contributed by atoms with E-state index in [0.29, 0.717) is 11.1 Å². The van der Waals surface area contributed by atoms with Crippen molar-refractivity contribution in [1.82, 2.24) is 10.3 Å². The number of alkyl halides is 4. The van der Waals surface area contributed by atoms with Gasteiger partial charge in [-0.15, -0.1) is 11.6 Å². The van der Waals surface area contributed by atoms with Crippen LogP contribution in [0.4, 0.5) is 13.2 Å². The minimum atomic E-state index is -4.47. The predicted molar refractivity (Wildman–Crippen MR) is 67.1 cm³/mol. The van der Waals surface area contributed by atoms with Crippen molar-refractivity contribution in [3.05, 3.63) is 40.9 Å². The van der Waals surface area contributed by atoms with E-state index in [1.165, 1.54) is 13.0 Å². The third-order valence-electron chi connectivity index (χ3n) is 2.66. The number of rotatable bonds is 4. The van der Waals surface area contributed by atoms with E-state index in [4.69, 9.17) is 11.6 Å². The molecule has 7 heteroatoms. The first kappa shape index (κ1) is 15.8. The number of likely N-dealkylation sites (N-methyl/N-ethyl adjacent to an activating group) is 1. The largest absolute Gasteiger partial charge is 0.513 e. The molecule has 106 valence electrons. The molecule has 1 rings (SSSR count). The second-order valence-corrected chi connectivity index (χ2v) is 4.21. The summed E-state index contributed by atoms with van der Waals surface area (Å²) in [6.45, 7) is 1.47. The molecule has 3 nitrogen and oxygen atoms in total. The van der Waals surface area contributed by atoms with E-state index >= 15 is 0 Å². The zero-order valence-corrected chi connectivity index (χ0v) is 11.2. The minimum absolute atomic E-state index is 0.0363. The number of halogens is 4. The van der Waals surface area contributed by atoms with Crippen LogP contribution in [0.3, 0.4) is 0 Å². The summed E-state index contributed by atoms with van der Waals surface area (Å²) < 4.78 is 37.2. The van der Waals surface area contributed by atoms with Crippen molar-refractivity contribution >= 4 is 11.6 Å². The van der Waals surface area contributed by atoms with Crippen molar-refractivity contribution in [3.8, 4) is 0 Å². The molecule has 0 aromatic carbocycles. The fourth-order valence-electron chi connectivity index (χ4n) is 1.67. The van der Waals surface area contributed by atoms with Crippen molar-refractivity contribution in [1.29, 1.82) is 0 Å². The highest BCUT2D eigenvalue weighted by Gasteiger charge is 2.32. The van der Waals surface area contributed by atoms with Gasteiger partial charge < -0.3 is 10.4 Å². The number of nitrogens with zero attached hydrogens (tertiary/aromatic N) is 1. The van der Waals surface area contributed by atoms with E-state index < -0.39 is 17.9 Å². The van der Waals surface area contributed by atoms with Gasteiger partial charge >= 0.3 is 6.18 Å². The van der Waals surface area contributed by atoms with Gasteiger partial charge in [-0.25, -0.2) is 0 Å². The Balaban J connectivity index is 3.11. The second-order valence-electron chi connectivity index (χ2n) is 3.94. The maximum Gasteiger partial charge on any atom is 0.433 e. The van der Waals surface area contributed by atoms with Gasteiger partial charge in [0.25, 0.3) is 0 Å². The van der Waals surface area contributed by atoms with Gasteiger partial charge in [-0.2, -0.15) is 13.2 Å². The molecule has 1 heterocycles. The third kappa shape index (κ3) is 3.84. The van der Waals surface area contributed by atoms with Crippen molar-refractivity contribution in [3.63, 3.8) is 0 Å². The lowest BCUT2D eigenvalue weighted by Gasteiger charge is -2.19. The fourth-order valence-corrected chi connectivity index (χ4v) is 2.02. The van der Waals surface area contributed by atoms with Gasteiger partial charge in [0.2, 0.25) is 0 Å². The summed E-state index contributed by atoms with van der Waals surface area (Å²) in [5, 5.41) is 12.4. The Bertz CT molecular complexity index is 453. The van der Waals surface area contributed by atoms with Crippen LogP contribution in [0.15, 0.2) is 29.7 Å². The molecule has 0 amide bonds. The molecular weight excluding hydrogens is 281 g/mol. The molecule has 1 aromatic heterocycles. The first-order chi connectivity index (χ1) is 8.81. The van der Waals surface area contributed by atoms with Gasteiger partial charge in [0, 0.05) is 17.6 Å². The van der Waals surface area contributed by atoms with E-state index in [2.05, 4.69) is 10.3 Å². The van der Waals surface area contributed by atoms with Crippen LogP contribution in [0.1, 0.15) is 24.2 Å². The Labute approximate surface area is 114 Å². The molecule has 0 saturated heterocycles. The van der Waals surface area contributed by atoms with Crippen molar-refractivity contribution < 1.29 is 18.3 Å². The van der Waals surface area contributed by atoms with Crippen LogP contribution in [0, 0.1) is 0 Å². The summed E-state index contributed by atoms with van der Waals surface area (Å²) >= 11 is 5.73. The highest BCUT2D eigenvalue weighted by atomic mass is 35.5. The molecule has 0 aliphatic heterocycles. The Morgan fingerprint density at radius 2 is 2.11 bits per heavy atom. The molecule has 1 unspecified atom stereocenters. The van der Waals surface area contributed by atoms with Crippen LogP contribution in [-0.4, -0.2) is 23.0 Å². The Morgan fingerprint density at radius 1 is 1.47 bits per heavy atom. The highest BCUT2D eigenvalue weighted by molar-refractivity contribution is 6.19. The number of hydrogen-bond acceptors (Lipinski definition) is 3. The number of hydrogen-bond donors (Lipinski definition) is 2. The third-order valence-corrected chi connectivity index (χ3v) is 2.94. The molecule has 0 aliphatic rings. The number of pyridine rings is 1. The monoisotopic (exact) mass is 294 g/mol. The summed E-state index contributed by atoms with van der Waals surface area (Å²) in [6, 6.07) is 1.74. The number of allylic oxidation sites excluding steroid dienone is 1. The van der Waals surface area contributed by atoms with E-state index in [-0.39, 0.29) is 11.6 Å². The lowest BCUT2D eigenvalue weighted by Crippen LogP contribution is -2.21. The molecule has 0 radical (unpaired) electrons. The molecular formula is C12H14ClF3N2O. The topological polar surface area (TPSA) is 45.1 Å². The lowest BCUT2D eigenvalue weighted by molar-refractivity contribution is -0.141. The molecule has 19 heavy (non-hydrogen) atoms. The zero-order valence-electron chi connectivity index (χ0n) is 10.4. The average molecular weight is 295 g/mol. The first-order valence-electron chi connectivity index (χ1n) is 5.46. The van der Waals surface area contributed by atoms with Crippen LogP contribution < -0.4 is 5.32 Å². The van der Waals surface area contributed by atoms with E-state index in [1.807, 2.05) is 0 Å². The Morgan fingerprint density at radius 3 is 2.42 bits per heavy atom. The standard InChI is InChI=1S/C12H14ClF3N2O/c1-7(19)9(5-13)11(17-2)8-3-4-10(18-6-8)12(14,15)16/h3-4,6,11,17,19H,5H2,1-2H3/b9-7-. The molecule has 2 N–H and O–H groups in total. The number of aromatic nitrogens is 1. The van der Waals surface area contributed by atoms with Gasteiger partial charge in [-0.05, 0) is 25.6 Å². The average Bonchev–Trinajstić information content (AvgIpc) is 2.34. The predicted octanol–water partition coefficient (Wildman–Crippen LogP) is 3.43. The van der Waals surface area contributed by atoms with Crippen LogP contribution in [0.5, 0.6) is 0 Å². The summed E-state index contributed by atoms with van der Waals surface area (Å²) in [7, 11) is 1.62. The Kier molecular flexibility index (Phi) is 5.20. The van der Waals surface area contributed by atoms with Gasteiger partial charge in [0.05, 0.1) is 11.8 Å². The fraction of sp³-hybridized carbons (Fsp3) is 0.417. The minimum Gasteiger partial charge on any atom is -0.513 e. The van der Waals surface area contributed by atoms with Crippen molar-refractivity contribution in [2.75, 3.05) is 12.9 Å². The smallest absolute Gasteiger partial charge is 0.433 e. The number of nitrogens with one attached hydrogen (secondary N) is 1. The SMILES string of the molecule is CNC(/C(CCl)=C(/C)O)c1ccc(C(F)(F)F)nc1. The quantitative estimate of drug-likeness (QED) is 0.660. The van der Waals surface area contributed by atoms with E-state index in [1.54, 1.807) is 7.05 Å². The number of aliphatic hydroxyl groups excluding tert-OH is 1. The Hall–Kier alpha value is -1.27. The molecule has 0 fully saturated rings. The zero-order chi connectivity index (χ0) is 14.6.